The van der Waals surface area contributed by atoms with Crippen LogP contribution in [-0.4, -0.2) is 87.0 Å². The molecule has 1 aliphatic heterocycles. The van der Waals surface area contributed by atoms with Gasteiger partial charge in [0.2, 0.25) is 11.1 Å². The van der Waals surface area contributed by atoms with Gasteiger partial charge in [0.15, 0.2) is 5.65 Å². The summed E-state index contributed by atoms with van der Waals surface area (Å²) in [5, 5.41) is 10.7. The SMILES string of the molecule is COc1ccc(C(=O)N2CCN(C(=O)CCCSc3nnc4c5cc(C)ccc5n(Cc5ccccc5)c4n3)CC2C)c(OC)c1. The number of hydrogen-bond acceptors (Lipinski definition) is 8. The second-order valence-corrected chi connectivity index (χ2v) is 12.6. The van der Waals surface area contributed by atoms with E-state index >= 15 is 0 Å². The molecule has 1 atom stereocenters. The number of benzene rings is 3. The van der Waals surface area contributed by atoms with Gasteiger partial charge in [-0.3, -0.25) is 9.59 Å². The maximum absolute atomic E-state index is 13.4. The van der Waals surface area contributed by atoms with Crippen LogP contribution >= 0.6 is 11.8 Å². The van der Waals surface area contributed by atoms with Crippen LogP contribution < -0.4 is 9.47 Å². The number of hydrogen-bond donors (Lipinski definition) is 0. The molecule has 0 radical (unpaired) electrons. The summed E-state index contributed by atoms with van der Waals surface area (Å²) >= 11 is 1.52. The highest BCUT2D eigenvalue weighted by Crippen LogP contribution is 2.30. The van der Waals surface area contributed by atoms with Crippen LogP contribution in [0.4, 0.5) is 0 Å². The molecule has 6 rings (SSSR count). The van der Waals surface area contributed by atoms with Gasteiger partial charge in [-0.2, -0.15) is 0 Å². The number of carbonyl (C=O) groups is 2. The van der Waals surface area contributed by atoms with Crippen molar-refractivity contribution >= 4 is 45.6 Å². The normalized spacial score (nSPS) is 15.0. The van der Waals surface area contributed by atoms with Crippen molar-refractivity contribution in [2.75, 3.05) is 39.6 Å². The monoisotopic (exact) mass is 638 g/mol. The fourth-order valence-corrected chi connectivity index (χ4v) is 6.72. The third-order valence-corrected chi connectivity index (χ3v) is 9.36. The number of thioether (sulfide) groups is 1. The van der Waals surface area contributed by atoms with Crippen LogP contribution in [-0.2, 0) is 11.3 Å². The summed E-state index contributed by atoms with van der Waals surface area (Å²) in [4.78, 5) is 35.1. The smallest absolute Gasteiger partial charge is 0.257 e. The van der Waals surface area contributed by atoms with Crippen LogP contribution in [0.1, 0.15) is 41.3 Å². The van der Waals surface area contributed by atoms with E-state index in [0.717, 1.165) is 27.6 Å². The Kier molecular flexibility index (Phi) is 9.39. The first-order valence-electron chi connectivity index (χ1n) is 15.5. The molecule has 11 heteroatoms. The first kappa shape index (κ1) is 31.3. The fraction of sp³-hybridized carbons (Fsp3) is 0.343. The third-order valence-electron chi connectivity index (χ3n) is 8.43. The molecule has 0 spiro atoms. The average molecular weight is 639 g/mol. The zero-order valence-corrected chi connectivity index (χ0v) is 27.4. The predicted octanol–water partition coefficient (Wildman–Crippen LogP) is 5.60. The molecule has 3 heterocycles. The minimum absolute atomic E-state index is 0.0921. The topological polar surface area (TPSA) is 103 Å². The van der Waals surface area contributed by atoms with Gasteiger partial charge < -0.3 is 23.8 Å². The summed E-state index contributed by atoms with van der Waals surface area (Å²) in [6, 6.07) is 21.8. The van der Waals surface area contributed by atoms with Crippen molar-refractivity contribution in [3.63, 3.8) is 0 Å². The van der Waals surface area contributed by atoms with Crippen molar-refractivity contribution in [2.24, 2.45) is 0 Å². The molecule has 1 unspecified atom stereocenters. The van der Waals surface area contributed by atoms with Gasteiger partial charge in [0.25, 0.3) is 5.91 Å². The van der Waals surface area contributed by atoms with E-state index in [4.69, 9.17) is 14.5 Å². The quantitative estimate of drug-likeness (QED) is 0.144. The Labute approximate surface area is 272 Å². The lowest BCUT2D eigenvalue weighted by molar-refractivity contribution is -0.133. The van der Waals surface area contributed by atoms with Crippen LogP contribution in [0, 0.1) is 6.92 Å². The zero-order valence-electron chi connectivity index (χ0n) is 26.6. The van der Waals surface area contributed by atoms with E-state index in [2.05, 4.69) is 52.0 Å². The molecular weight excluding hydrogens is 600 g/mol. The molecule has 3 aromatic carbocycles. The van der Waals surface area contributed by atoms with Crippen molar-refractivity contribution < 1.29 is 19.1 Å². The first-order chi connectivity index (χ1) is 22.4. The van der Waals surface area contributed by atoms with Crippen molar-refractivity contribution in [2.45, 2.75) is 44.4 Å². The standard InChI is InChI=1S/C35H38N6O4S/c1-23-12-15-29-28(19-23)32-33(41(29)22-25-9-6-5-7-10-25)36-35(38-37-32)46-18-8-11-31(42)39-16-17-40(24(2)21-39)34(43)27-14-13-26(44-3)20-30(27)45-4/h5-7,9-10,12-15,19-20,24H,8,11,16-18,21-22H2,1-4H3. The summed E-state index contributed by atoms with van der Waals surface area (Å²) < 4.78 is 12.9. The average Bonchev–Trinajstić information content (AvgIpc) is 3.37. The molecule has 2 aromatic heterocycles. The highest BCUT2D eigenvalue weighted by molar-refractivity contribution is 7.99. The second-order valence-electron chi connectivity index (χ2n) is 11.6. The molecule has 0 saturated carbocycles. The highest BCUT2D eigenvalue weighted by atomic mass is 32.2. The Balaban J connectivity index is 1.06. The molecule has 10 nitrogen and oxygen atoms in total. The highest BCUT2D eigenvalue weighted by Gasteiger charge is 2.31. The Bertz CT molecular complexity index is 1880. The van der Waals surface area contributed by atoms with E-state index in [1.54, 1.807) is 25.3 Å². The number of ether oxygens (including phenoxy) is 2. The third kappa shape index (κ3) is 6.50. The molecule has 5 aromatic rings. The number of aromatic nitrogens is 4. The number of piperazine rings is 1. The molecule has 0 bridgehead atoms. The van der Waals surface area contributed by atoms with Gasteiger partial charge >= 0.3 is 0 Å². The summed E-state index contributed by atoms with van der Waals surface area (Å²) in [6.07, 6.45) is 1.11. The Morgan fingerprint density at radius 3 is 2.57 bits per heavy atom. The lowest BCUT2D eigenvalue weighted by Crippen LogP contribution is -2.55. The second kappa shape index (κ2) is 13.8. The van der Waals surface area contributed by atoms with Gasteiger partial charge in [0.05, 0.1) is 25.3 Å². The van der Waals surface area contributed by atoms with E-state index in [9.17, 15) is 9.59 Å². The van der Waals surface area contributed by atoms with Crippen molar-refractivity contribution in [3.05, 3.63) is 83.4 Å². The zero-order chi connectivity index (χ0) is 32.2. The van der Waals surface area contributed by atoms with Crippen molar-refractivity contribution in [1.82, 2.24) is 29.5 Å². The lowest BCUT2D eigenvalue weighted by Gasteiger charge is -2.40. The molecule has 0 N–H and O–H groups in total. The van der Waals surface area contributed by atoms with Crippen molar-refractivity contribution in [1.29, 1.82) is 0 Å². The number of carbonyl (C=O) groups excluding carboxylic acids is 2. The summed E-state index contributed by atoms with van der Waals surface area (Å²) in [5.74, 6) is 1.77. The van der Waals surface area contributed by atoms with E-state index in [1.807, 2.05) is 34.9 Å². The van der Waals surface area contributed by atoms with Crippen molar-refractivity contribution in [3.8, 4) is 11.5 Å². The minimum Gasteiger partial charge on any atom is -0.497 e. The molecule has 238 valence electrons. The minimum atomic E-state index is -0.121. The van der Waals surface area contributed by atoms with Gasteiger partial charge in [0, 0.05) is 55.8 Å². The van der Waals surface area contributed by atoms with Gasteiger partial charge in [-0.25, -0.2) is 4.98 Å². The summed E-state index contributed by atoms with van der Waals surface area (Å²) in [6.45, 7) is 6.19. The number of methoxy groups -OCH3 is 2. The van der Waals surface area contributed by atoms with Crippen LogP contribution in [0.15, 0.2) is 71.9 Å². The molecule has 2 amide bonds. The molecule has 0 aliphatic carbocycles. The summed E-state index contributed by atoms with van der Waals surface area (Å²) in [5.41, 5.74) is 5.53. The van der Waals surface area contributed by atoms with Gasteiger partial charge in [-0.05, 0) is 50.1 Å². The van der Waals surface area contributed by atoms with E-state index in [-0.39, 0.29) is 17.9 Å². The predicted molar refractivity (Wildman–Crippen MR) is 180 cm³/mol. The maximum atomic E-state index is 13.4. The Morgan fingerprint density at radius 1 is 0.978 bits per heavy atom. The van der Waals surface area contributed by atoms with E-state index in [0.29, 0.717) is 67.0 Å². The number of nitrogens with zero attached hydrogens (tertiary/aromatic N) is 6. The Hall–Kier alpha value is -4.64. The molecule has 1 fully saturated rings. The molecule has 1 saturated heterocycles. The van der Waals surface area contributed by atoms with Gasteiger partial charge in [-0.1, -0.05) is 53.7 Å². The number of amides is 2. The number of fused-ring (bicyclic) bond motifs is 3. The Morgan fingerprint density at radius 2 is 1.80 bits per heavy atom. The molecule has 1 aliphatic rings. The number of aryl methyl sites for hydroxylation is 1. The van der Waals surface area contributed by atoms with E-state index in [1.165, 1.54) is 24.4 Å². The first-order valence-corrected chi connectivity index (χ1v) is 16.5. The van der Waals surface area contributed by atoms with E-state index < -0.39 is 0 Å². The largest absolute Gasteiger partial charge is 0.497 e. The number of rotatable bonds is 10. The van der Waals surface area contributed by atoms with Crippen LogP contribution in [0.3, 0.4) is 0 Å². The fourth-order valence-electron chi connectivity index (χ4n) is 6.00. The van der Waals surface area contributed by atoms with Crippen LogP contribution in [0.5, 0.6) is 11.5 Å². The van der Waals surface area contributed by atoms with Gasteiger partial charge in [-0.15, -0.1) is 10.2 Å². The van der Waals surface area contributed by atoms with Gasteiger partial charge in [0.1, 0.15) is 17.0 Å². The molecule has 46 heavy (non-hydrogen) atoms. The molecular formula is C35H38N6O4S. The summed E-state index contributed by atoms with van der Waals surface area (Å²) in [7, 11) is 3.11. The lowest BCUT2D eigenvalue weighted by atomic mass is 10.1. The van der Waals surface area contributed by atoms with Crippen LogP contribution in [0.25, 0.3) is 22.1 Å². The maximum Gasteiger partial charge on any atom is 0.257 e. The van der Waals surface area contributed by atoms with Crippen LogP contribution in [0.2, 0.25) is 0 Å².